The lowest BCUT2D eigenvalue weighted by Gasteiger charge is -2.23. The Kier molecular flexibility index (Phi) is 6.07. The molecule has 0 unspecified atom stereocenters. The highest BCUT2D eigenvalue weighted by Gasteiger charge is 2.22. The van der Waals surface area contributed by atoms with Gasteiger partial charge in [0, 0.05) is 35.5 Å². The van der Waals surface area contributed by atoms with Crippen molar-refractivity contribution < 1.29 is 4.79 Å². The van der Waals surface area contributed by atoms with Gasteiger partial charge in [0.2, 0.25) is 0 Å². The molecule has 2 amide bonds. The first-order valence-electron chi connectivity index (χ1n) is 11.1. The van der Waals surface area contributed by atoms with Crippen LogP contribution in [0.4, 0.5) is 10.6 Å². The van der Waals surface area contributed by atoms with E-state index < -0.39 is 0 Å². The lowest BCUT2D eigenvalue weighted by molar-refractivity contribution is 0.244. The highest BCUT2D eigenvalue weighted by molar-refractivity contribution is 5.89. The summed E-state index contributed by atoms with van der Waals surface area (Å²) in [5, 5.41) is 11.0. The normalized spacial score (nSPS) is 14.9. The van der Waals surface area contributed by atoms with Crippen LogP contribution in [-0.4, -0.2) is 26.8 Å². The molecule has 31 heavy (non-hydrogen) atoms. The van der Waals surface area contributed by atoms with Crippen LogP contribution in [0.15, 0.2) is 54.9 Å². The minimum atomic E-state index is -0.170. The summed E-state index contributed by atoms with van der Waals surface area (Å²) in [5.74, 6) is 0.668. The molecule has 2 heterocycles. The SMILES string of the molecule is CC(C)(C)c1cc(NC(=O)NC2CCCCC2)n(-c2cccc(-c3cccnc3)c2)n1. The molecule has 0 spiro atoms. The van der Waals surface area contributed by atoms with E-state index >= 15 is 0 Å². The largest absolute Gasteiger partial charge is 0.335 e. The Morgan fingerprint density at radius 1 is 1.03 bits per heavy atom. The zero-order chi connectivity index (χ0) is 21.8. The van der Waals surface area contributed by atoms with Crippen LogP contribution in [0.5, 0.6) is 0 Å². The molecule has 0 radical (unpaired) electrons. The fraction of sp³-hybridized carbons (Fsp3) is 0.400. The van der Waals surface area contributed by atoms with Gasteiger partial charge in [0.25, 0.3) is 0 Å². The lowest BCUT2D eigenvalue weighted by Crippen LogP contribution is -2.39. The Morgan fingerprint density at radius 2 is 1.81 bits per heavy atom. The fourth-order valence-corrected chi connectivity index (χ4v) is 3.97. The van der Waals surface area contributed by atoms with Crippen molar-refractivity contribution in [1.29, 1.82) is 0 Å². The third-order valence-corrected chi connectivity index (χ3v) is 5.75. The zero-order valence-electron chi connectivity index (χ0n) is 18.6. The molecule has 6 nitrogen and oxygen atoms in total. The van der Waals surface area contributed by atoms with Gasteiger partial charge in [-0.2, -0.15) is 5.10 Å². The summed E-state index contributed by atoms with van der Waals surface area (Å²) in [7, 11) is 0. The lowest BCUT2D eigenvalue weighted by atomic mass is 9.92. The van der Waals surface area contributed by atoms with Gasteiger partial charge < -0.3 is 5.32 Å². The van der Waals surface area contributed by atoms with E-state index in [1.807, 2.05) is 41.2 Å². The number of pyridine rings is 1. The van der Waals surface area contributed by atoms with Crippen LogP contribution in [0.2, 0.25) is 0 Å². The summed E-state index contributed by atoms with van der Waals surface area (Å²) in [6.07, 6.45) is 9.33. The van der Waals surface area contributed by atoms with Crippen LogP contribution in [0, 0.1) is 0 Å². The number of carbonyl (C=O) groups is 1. The van der Waals surface area contributed by atoms with Crippen LogP contribution in [-0.2, 0) is 5.41 Å². The Bertz CT molecular complexity index is 1030. The number of benzene rings is 1. The first-order valence-corrected chi connectivity index (χ1v) is 11.1. The molecule has 6 heteroatoms. The second-order valence-electron chi connectivity index (χ2n) is 9.30. The Hall–Kier alpha value is -3.15. The Morgan fingerprint density at radius 3 is 2.52 bits per heavy atom. The number of amides is 2. The van der Waals surface area contributed by atoms with Crippen molar-refractivity contribution in [1.82, 2.24) is 20.1 Å². The van der Waals surface area contributed by atoms with Crippen molar-refractivity contribution in [3.63, 3.8) is 0 Å². The number of urea groups is 1. The minimum absolute atomic E-state index is 0.136. The predicted molar refractivity (Wildman–Crippen MR) is 125 cm³/mol. The van der Waals surface area contributed by atoms with Crippen LogP contribution in [0.3, 0.4) is 0 Å². The van der Waals surface area contributed by atoms with Crippen LogP contribution < -0.4 is 10.6 Å². The summed E-state index contributed by atoms with van der Waals surface area (Å²) in [6.45, 7) is 6.37. The molecule has 1 saturated carbocycles. The van der Waals surface area contributed by atoms with Crippen LogP contribution in [0.25, 0.3) is 16.8 Å². The number of hydrogen-bond acceptors (Lipinski definition) is 3. The van der Waals surface area contributed by atoms with Crippen molar-refractivity contribution in [2.45, 2.75) is 64.3 Å². The first-order chi connectivity index (χ1) is 14.9. The topological polar surface area (TPSA) is 71.8 Å². The molecule has 0 atom stereocenters. The maximum Gasteiger partial charge on any atom is 0.320 e. The predicted octanol–water partition coefficient (Wildman–Crippen LogP) is 5.69. The van der Waals surface area contributed by atoms with Crippen LogP contribution in [0.1, 0.15) is 58.6 Å². The summed E-state index contributed by atoms with van der Waals surface area (Å²) in [4.78, 5) is 17.0. The molecular formula is C25H31N5O. The van der Waals surface area contributed by atoms with Crippen molar-refractivity contribution in [3.8, 4) is 16.8 Å². The Balaban J connectivity index is 1.64. The van der Waals surface area contributed by atoms with E-state index in [1.54, 1.807) is 6.20 Å². The summed E-state index contributed by atoms with van der Waals surface area (Å²) >= 11 is 0. The molecule has 1 aliphatic rings. The van der Waals surface area contributed by atoms with Crippen molar-refractivity contribution >= 4 is 11.8 Å². The van der Waals surface area contributed by atoms with Gasteiger partial charge in [-0.1, -0.05) is 58.2 Å². The second kappa shape index (κ2) is 8.92. The van der Waals surface area contributed by atoms with Gasteiger partial charge in [-0.05, 0) is 36.6 Å². The number of hydrogen-bond donors (Lipinski definition) is 2. The smallest absolute Gasteiger partial charge is 0.320 e. The van der Waals surface area contributed by atoms with E-state index in [0.717, 1.165) is 35.3 Å². The third kappa shape index (κ3) is 5.13. The van der Waals surface area contributed by atoms with E-state index in [4.69, 9.17) is 5.10 Å². The Labute approximate surface area is 184 Å². The molecule has 0 aliphatic heterocycles. The van der Waals surface area contributed by atoms with Gasteiger partial charge in [0.15, 0.2) is 0 Å². The van der Waals surface area contributed by atoms with Gasteiger partial charge in [-0.25, -0.2) is 9.48 Å². The second-order valence-corrected chi connectivity index (χ2v) is 9.30. The van der Waals surface area contributed by atoms with Gasteiger partial charge in [-0.3, -0.25) is 10.3 Å². The number of anilines is 1. The maximum atomic E-state index is 12.7. The van der Waals surface area contributed by atoms with Crippen molar-refractivity contribution in [2.75, 3.05) is 5.32 Å². The monoisotopic (exact) mass is 417 g/mol. The number of aromatic nitrogens is 3. The minimum Gasteiger partial charge on any atom is -0.335 e. The molecule has 1 aromatic carbocycles. The molecule has 0 bridgehead atoms. The molecular weight excluding hydrogens is 386 g/mol. The van der Waals surface area contributed by atoms with E-state index in [1.165, 1.54) is 19.3 Å². The number of nitrogens with zero attached hydrogens (tertiary/aromatic N) is 3. The molecule has 3 aromatic rings. The van der Waals surface area contributed by atoms with E-state index in [0.29, 0.717) is 5.82 Å². The van der Waals surface area contributed by atoms with Gasteiger partial charge in [0.1, 0.15) is 5.82 Å². The number of nitrogens with one attached hydrogen (secondary N) is 2. The molecule has 4 rings (SSSR count). The zero-order valence-corrected chi connectivity index (χ0v) is 18.6. The van der Waals surface area contributed by atoms with Crippen molar-refractivity contribution in [3.05, 3.63) is 60.6 Å². The molecule has 0 saturated heterocycles. The highest BCUT2D eigenvalue weighted by Crippen LogP contribution is 2.28. The van der Waals surface area contributed by atoms with Crippen LogP contribution >= 0.6 is 0 Å². The number of carbonyl (C=O) groups excluding carboxylic acids is 1. The van der Waals surface area contributed by atoms with Gasteiger partial charge >= 0.3 is 6.03 Å². The van der Waals surface area contributed by atoms with Gasteiger partial charge in [0.05, 0.1) is 11.4 Å². The molecule has 2 aromatic heterocycles. The molecule has 1 fully saturated rings. The quantitative estimate of drug-likeness (QED) is 0.573. The highest BCUT2D eigenvalue weighted by atomic mass is 16.2. The summed E-state index contributed by atoms with van der Waals surface area (Å²) in [5.41, 5.74) is 3.77. The van der Waals surface area contributed by atoms with E-state index in [2.05, 4.69) is 48.5 Å². The maximum absolute atomic E-state index is 12.7. The summed E-state index contributed by atoms with van der Waals surface area (Å²) < 4.78 is 1.82. The van der Waals surface area contributed by atoms with Gasteiger partial charge in [-0.15, -0.1) is 0 Å². The van der Waals surface area contributed by atoms with Crippen molar-refractivity contribution in [2.24, 2.45) is 0 Å². The average Bonchev–Trinajstić information content (AvgIpc) is 3.19. The molecule has 162 valence electrons. The molecule has 2 N–H and O–H groups in total. The third-order valence-electron chi connectivity index (χ3n) is 5.75. The first kappa shape index (κ1) is 21.1. The average molecular weight is 418 g/mol. The molecule has 1 aliphatic carbocycles. The van der Waals surface area contributed by atoms with E-state index in [-0.39, 0.29) is 17.5 Å². The summed E-state index contributed by atoms with van der Waals surface area (Å²) in [6, 6.07) is 14.1. The number of rotatable bonds is 4. The standard InChI is InChI=1S/C25H31N5O/c1-25(2,3)22-16-23(28-24(31)27-20-11-5-4-6-12-20)30(29-22)21-13-7-9-18(15-21)19-10-8-14-26-17-19/h7-10,13-17,20H,4-6,11-12H2,1-3H3,(H2,27,28,31). The fourth-order valence-electron chi connectivity index (χ4n) is 3.97. The van der Waals surface area contributed by atoms with E-state index in [9.17, 15) is 4.79 Å².